The fourth-order valence-electron chi connectivity index (χ4n) is 5.61. The van der Waals surface area contributed by atoms with E-state index in [1.807, 2.05) is 0 Å². The van der Waals surface area contributed by atoms with Crippen LogP contribution in [-0.2, 0) is 19.1 Å². The molecular formula is C39H74O5. The van der Waals surface area contributed by atoms with Gasteiger partial charge in [0.25, 0.3) is 0 Å². The maximum atomic E-state index is 12.1. The van der Waals surface area contributed by atoms with Gasteiger partial charge in [0.15, 0.2) is 6.10 Å². The first kappa shape index (κ1) is 42.6. The molecule has 1 N–H and O–H groups in total. The van der Waals surface area contributed by atoms with Crippen molar-refractivity contribution in [1.29, 1.82) is 0 Å². The van der Waals surface area contributed by atoms with Crippen molar-refractivity contribution >= 4 is 11.9 Å². The highest BCUT2D eigenvalue weighted by Crippen LogP contribution is 2.14. The van der Waals surface area contributed by atoms with Gasteiger partial charge in [-0.2, -0.15) is 0 Å². The number of esters is 2. The SMILES string of the molecule is CCCCCCCC/C=C/CCCCCCCCCCCC(=O)OC[C@H](CO)OC(=O)CCCCCCCCCCCCC. The molecule has 5 heteroatoms. The van der Waals surface area contributed by atoms with Crippen molar-refractivity contribution in [3.8, 4) is 0 Å². The van der Waals surface area contributed by atoms with Gasteiger partial charge in [0.1, 0.15) is 6.61 Å². The second-order valence-corrected chi connectivity index (χ2v) is 13.0. The molecule has 0 heterocycles. The number of carbonyl (C=O) groups is 2. The van der Waals surface area contributed by atoms with E-state index in [0.717, 1.165) is 38.5 Å². The van der Waals surface area contributed by atoms with E-state index in [4.69, 9.17) is 9.47 Å². The molecule has 0 fully saturated rings. The Labute approximate surface area is 273 Å². The normalized spacial score (nSPS) is 12.2. The van der Waals surface area contributed by atoms with Crippen LogP contribution in [0.15, 0.2) is 12.2 Å². The van der Waals surface area contributed by atoms with Gasteiger partial charge in [0.05, 0.1) is 6.61 Å². The molecule has 0 spiro atoms. The summed E-state index contributed by atoms with van der Waals surface area (Å²) in [6.45, 7) is 4.13. The van der Waals surface area contributed by atoms with Crippen LogP contribution >= 0.6 is 0 Å². The van der Waals surface area contributed by atoms with Crippen LogP contribution < -0.4 is 0 Å². The molecule has 0 radical (unpaired) electrons. The largest absolute Gasteiger partial charge is 0.462 e. The minimum absolute atomic E-state index is 0.0613. The molecule has 0 aromatic rings. The fourth-order valence-corrected chi connectivity index (χ4v) is 5.61. The maximum absolute atomic E-state index is 12.1. The standard InChI is InChI=1S/C39H74O5/c1-3-5-7-9-11-13-15-16-17-18-19-20-21-22-24-25-27-29-31-33-38(41)43-36-37(35-40)44-39(42)34-32-30-28-26-23-14-12-10-8-6-4-2/h16-17,37,40H,3-15,18-36H2,1-2H3/b17-16+/t37-/m0/s1. The van der Waals surface area contributed by atoms with Gasteiger partial charge in [-0.1, -0.05) is 167 Å². The zero-order valence-corrected chi connectivity index (χ0v) is 29.4. The van der Waals surface area contributed by atoms with Crippen molar-refractivity contribution in [3.63, 3.8) is 0 Å². The monoisotopic (exact) mass is 623 g/mol. The lowest BCUT2D eigenvalue weighted by Crippen LogP contribution is -2.28. The molecule has 44 heavy (non-hydrogen) atoms. The number of hydrogen-bond acceptors (Lipinski definition) is 5. The smallest absolute Gasteiger partial charge is 0.306 e. The topological polar surface area (TPSA) is 72.8 Å². The second-order valence-electron chi connectivity index (χ2n) is 13.0. The lowest BCUT2D eigenvalue weighted by atomic mass is 10.1. The van der Waals surface area contributed by atoms with Crippen molar-refractivity contribution < 1.29 is 24.2 Å². The number of hydrogen-bond donors (Lipinski definition) is 1. The third kappa shape index (κ3) is 33.5. The molecule has 0 aromatic carbocycles. The molecule has 0 rings (SSSR count). The van der Waals surface area contributed by atoms with Crippen LogP contribution in [0, 0.1) is 0 Å². The number of unbranched alkanes of at least 4 members (excludes halogenated alkanes) is 25. The van der Waals surface area contributed by atoms with Gasteiger partial charge < -0.3 is 14.6 Å². The van der Waals surface area contributed by atoms with Gasteiger partial charge in [-0.3, -0.25) is 9.59 Å². The Morgan fingerprint density at radius 3 is 1.23 bits per heavy atom. The Morgan fingerprint density at radius 2 is 0.841 bits per heavy atom. The van der Waals surface area contributed by atoms with Crippen LogP contribution in [0.5, 0.6) is 0 Å². The number of carbonyl (C=O) groups excluding carboxylic acids is 2. The lowest BCUT2D eigenvalue weighted by molar-refractivity contribution is -0.161. The summed E-state index contributed by atoms with van der Waals surface area (Å²) in [5.74, 6) is -0.586. The van der Waals surface area contributed by atoms with E-state index in [9.17, 15) is 14.7 Å². The first-order valence-corrected chi connectivity index (χ1v) is 19.2. The third-order valence-corrected chi connectivity index (χ3v) is 8.56. The molecule has 0 aliphatic carbocycles. The van der Waals surface area contributed by atoms with Gasteiger partial charge in [0, 0.05) is 12.8 Å². The molecule has 0 unspecified atom stereocenters. The van der Waals surface area contributed by atoms with Gasteiger partial charge >= 0.3 is 11.9 Å². The van der Waals surface area contributed by atoms with Crippen molar-refractivity contribution in [2.75, 3.05) is 13.2 Å². The summed E-state index contributed by atoms with van der Waals surface area (Å²) in [6.07, 6.45) is 39.9. The summed E-state index contributed by atoms with van der Waals surface area (Å²) in [5.41, 5.74) is 0. The summed E-state index contributed by atoms with van der Waals surface area (Å²) in [6, 6.07) is 0. The minimum atomic E-state index is -0.764. The molecule has 0 bridgehead atoms. The van der Waals surface area contributed by atoms with E-state index in [0.29, 0.717) is 12.8 Å². The first-order chi connectivity index (χ1) is 21.6. The molecule has 5 nitrogen and oxygen atoms in total. The average molecular weight is 623 g/mol. The fraction of sp³-hybridized carbons (Fsp3) is 0.897. The van der Waals surface area contributed by atoms with Crippen molar-refractivity contribution in [2.24, 2.45) is 0 Å². The van der Waals surface area contributed by atoms with E-state index >= 15 is 0 Å². The Kier molecular flexibility index (Phi) is 35.0. The van der Waals surface area contributed by atoms with E-state index in [1.165, 1.54) is 141 Å². The quantitative estimate of drug-likeness (QED) is 0.0432. The molecule has 0 saturated heterocycles. The van der Waals surface area contributed by atoms with Crippen LogP contribution in [0.4, 0.5) is 0 Å². The van der Waals surface area contributed by atoms with Crippen molar-refractivity contribution in [2.45, 2.75) is 213 Å². The molecular weight excluding hydrogens is 548 g/mol. The Morgan fingerprint density at radius 1 is 0.500 bits per heavy atom. The third-order valence-electron chi connectivity index (χ3n) is 8.56. The van der Waals surface area contributed by atoms with Gasteiger partial charge in [-0.05, 0) is 38.5 Å². The molecule has 0 aliphatic rings. The van der Waals surface area contributed by atoms with Crippen LogP contribution in [-0.4, -0.2) is 36.4 Å². The first-order valence-electron chi connectivity index (χ1n) is 19.2. The summed E-state index contributed by atoms with van der Waals surface area (Å²) >= 11 is 0. The summed E-state index contributed by atoms with van der Waals surface area (Å²) < 4.78 is 10.6. The number of aliphatic hydroxyl groups is 1. The van der Waals surface area contributed by atoms with E-state index in [-0.39, 0.29) is 25.2 Å². The highest BCUT2D eigenvalue weighted by atomic mass is 16.6. The molecule has 0 amide bonds. The highest BCUT2D eigenvalue weighted by Gasteiger charge is 2.16. The van der Waals surface area contributed by atoms with Gasteiger partial charge in [0.2, 0.25) is 0 Å². The van der Waals surface area contributed by atoms with E-state index < -0.39 is 6.10 Å². The Bertz CT molecular complexity index is 632. The average Bonchev–Trinajstić information content (AvgIpc) is 3.02. The van der Waals surface area contributed by atoms with Crippen LogP contribution in [0.2, 0.25) is 0 Å². The predicted molar refractivity (Wildman–Crippen MR) is 187 cm³/mol. The van der Waals surface area contributed by atoms with Crippen LogP contribution in [0.1, 0.15) is 206 Å². The maximum Gasteiger partial charge on any atom is 0.306 e. The Balaban J connectivity index is 3.50. The minimum Gasteiger partial charge on any atom is -0.462 e. The van der Waals surface area contributed by atoms with E-state index in [2.05, 4.69) is 26.0 Å². The number of rotatable bonds is 35. The van der Waals surface area contributed by atoms with Gasteiger partial charge in [-0.25, -0.2) is 0 Å². The summed E-state index contributed by atoms with van der Waals surface area (Å²) in [5, 5.41) is 9.52. The predicted octanol–water partition coefficient (Wildman–Crippen LogP) is 11.7. The van der Waals surface area contributed by atoms with Gasteiger partial charge in [-0.15, -0.1) is 0 Å². The number of allylic oxidation sites excluding steroid dienone is 2. The lowest BCUT2D eigenvalue weighted by Gasteiger charge is -2.15. The second kappa shape index (κ2) is 36.1. The van der Waals surface area contributed by atoms with Crippen LogP contribution in [0.3, 0.4) is 0 Å². The molecule has 1 atom stereocenters. The van der Waals surface area contributed by atoms with Crippen molar-refractivity contribution in [1.82, 2.24) is 0 Å². The Hall–Kier alpha value is -1.36. The number of aliphatic hydroxyl groups excluding tert-OH is 1. The molecule has 0 saturated carbocycles. The zero-order valence-electron chi connectivity index (χ0n) is 29.4. The van der Waals surface area contributed by atoms with Crippen molar-refractivity contribution in [3.05, 3.63) is 12.2 Å². The summed E-state index contributed by atoms with van der Waals surface area (Å²) in [7, 11) is 0. The highest BCUT2D eigenvalue weighted by molar-refractivity contribution is 5.70. The molecule has 0 aliphatic heterocycles. The molecule has 0 aromatic heterocycles. The zero-order chi connectivity index (χ0) is 32.2. The van der Waals surface area contributed by atoms with Crippen LogP contribution in [0.25, 0.3) is 0 Å². The molecule has 260 valence electrons. The number of ether oxygens (including phenoxy) is 2. The van der Waals surface area contributed by atoms with E-state index in [1.54, 1.807) is 0 Å². The summed E-state index contributed by atoms with van der Waals surface area (Å²) in [4.78, 5) is 24.2.